The van der Waals surface area contributed by atoms with Crippen molar-refractivity contribution in [3.8, 4) is 0 Å². The van der Waals surface area contributed by atoms with E-state index in [-0.39, 0.29) is 23.3 Å². The van der Waals surface area contributed by atoms with Crippen molar-refractivity contribution in [3.63, 3.8) is 0 Å². The molecule has 5 nitrogen and oxygen atoms in total. The normalized spacial score (nSPS) is 31.3. The van der Waals surface area contributed by atoms with E-state index < -0.39 is 0 Å². The molecule has 0 bridgehead atoms. The summed E-state index contributed by atoms with van der Waals surface area (Å²) in [6.07, 6.45) is 10.1. The number of aromatic nitrogens is 2. The quantitative estimate of drug-likeness (QED) is 0.894. The number of piperidine rings is 1. The van der Waals surface area contributed by atoms with Crippen LogP contribution in [0.25, 0.3) is 0 Å². The van der Waals surface area contributed by atoms with Gasteiger partial charge in [0.25, 0.3) is 0 Å². The van der Waals surface area contributed by atoms with Crippen molar-refractivity contribution in [3.05, 3.63) is 17.4 Å². The molecule has 3 unspecified atom stereocenters. The van der Waals surface area contributed by atoms with E-state index in [1.54, 1.807) is 12.4 Å². The molecule has 6 heteroatoms. The summed E-state index contributed by atoms with van der Waals surface area (Å²) in [5, 5.41) is 3.96. The first-order valence-electron chi connectivity index (χ1n) is 9.53. The second-order valence-corrected chi connectivity index (χ2v) is 8.87. The summed E-state index contributed by atoms with van der Waals surface area (Å²) in [5.41, 5.74) is 0.0162. The van der Waals surface area contributed by atoms with Crippen LogP contribution in [-0.4, -0.2) is 34.5 Å². The largest absolute Gasteiger partial charge is 0.352 e. The highest BCUT2D eigenvalue weighted by Gasteiger charge is 2.60. The average molecular weight is 363 g/mol. The number of hydrogen-bond acceptors (Lipinski definition) is 4. The van der Waals surface area contributed by atoms with Gasteiger partial charge in [-0.05, 0) is 25.7 Å². The van der Waals surface area contributed by atoms with Crippen molar-refractivity contribution in [2.45, 2.75) is 64.5 Å². The second-order valence-electron chi connectivity index (χ2n) is 8.43. The number of rotatable bonds is 3. The van der Waals surface area contributed by atoms with Crippen LogP contribution in [0.3, 0.4) is 0 Å². The van der Waals surface area contributed by atoms with Gasteiger partial charge in [-0.3, -0.25) is 4.79 Å². The number of nitrogens with one attached hydrogen (secondary N) is 1. The summed E-state index contributed by atoms with van der Waals surface area (Å²) in [6, 6.07) is 0.622. The van der Waals surface area contributed by atoms with Crippen LogP contribution in [-0.2, 0) is 4.79 Å². The number of anilines is 1. The zero-order valence-corrected chi connectivity index (χ0v) is 15.8. The molecule has 4 rings (SSSR count). The van der Waals surface area contributed by atoms with Gasteiger partial charge in [0.05, 0.1) is 17.4 Å². The van der Waals surface area contributed by atoms with Gasteiger partial charge in [0, 0.05) is 35.9 Å². The molecule has 3 aliphatic rings. The van der Waals surface area contributed by atoms with Gasteiger partial charge in [-0.15, -0.1) is 0 Å². The molecule has 1 aromatic rings. The number of nitrogens with zero attached hydrogens (tertiary/aromatic N) is 3. The summed E-state index contributed by atoms with van der Waals surface area (Å²) >= 11 is 5.94. The molecular formula is C19H27ClN4O. The number of carbonyl (C=O) groups excluding carboxylic acids is 1. The Morgan fingerprint density at radius 2 is 1.88 bits per heavy atom. The van der Waals surface area contributed by atoms with E-state index in [4.69, 9.17) is 11.6 Å². The lowest BCUT2D eigenvalue weighted by Gasteiger charge is -2.64. The highest BCUT2D eigenvalue weighted by atomic mass is 35.5. The fraction of sp³-hybridized carbons (Fsp3) is 0.737. The van der Waals surface area contributed by atoms with Gasteiger partial charge in [-0.2, -0.15) is 0 Å². The maximum absolute atomic E-state index is 12.6. The van der Waals surface area contributed by atoms with E-state index >= 15 is 0 Å². The van der Waals surface area contributed by atoms with Crippen LogP contribution in [0.4, 0.5) is 5.95 Å². The molecule has 1 aromatic heterocycles. The SMILES string of the molecule is CC1(C)C(NC(=O)C2CCCC2)C2CCCN(c3ncc(Cl)cn3)C21. The number of amides is 1. The highest BCUT2D eigenvalue weighted by Crippen LogP contribution is 2.53. The molecule has 1 aliphatic heterocycles. The van der Waals surface area contributed by atoms with Gasteiger partial charge in [-0.25, -0.2) is 9.97 Å². The van der Waals surface area contributed by atoms with Crippen LogP contribution in [0.2, 0.25) is 5.02 Å². The van der Waals surface area contributed by atoms with Gasteiger partial charge in [0.2, 0.25) is 11.9 Å². The topological polar surface area (TPSA) is 58.1 Å². The van der Waals surface area contributed by atoms with Gasteiger partial charge in [0.15, 0.2) is 0 Å². The summed E-state index contributed by atoms with van der Waals surface area (Å²) in [6.45, 7) is 5.50. The van der Waals surface area contributed by atoms with Crippen molar-refractivity contribution in [1.29, 1.82) is 0 Å². The molecular weight excluding hydrogens is 336 g/mol. The predicted octanol–water partition coefficient (Wildman–Crippen LogP) is 3.43. The van der Waals surface area contributed by atoms with Crippen LogP contribution < -0.4 is 10.2 Å². The molecule has 2 heterocycles. The Morgan fingerprint density at radius 3 is 2.56 bits per heavy atom. The van der Waals surface area contributed by atoms with Crippen molar-refractivity contribution in [2.24, 2.45) is 17.3 Å². The maximum Gasteiger partial charge on any atom is 0.225 e. The molecule has 25 heavy (non-hydrogen) atoms. The zero-order valence-electron chi connectivity index (χ0n) is 15.0. The van der Waals surface area contributed by atoms with Gasteiger partial charge in [0.1, 0.15) is 0 Å². The first-order valence-corrected chi connectivity index (χ1v) is 9.91. The minimum absolute atomic E-state index is 0.0162. The Kier molecular flexibility index (Phi) is 4.38. The average Bonchev–Trinajstić information content (AvgIpc) is 3.14. The first kappa shape index (κ1) is 17.1. The number of hydrogen-bond donors (Lipinski definition) is 1. The molecule has 2 saturated carbocycles. The second kappa shape index (κ2) is 6.42. The summed E-state index contributed by atoms with van der Waals surface area (Å²) < 4.78 is 0. The lowest BCUT2D eigenvalue weighted by Crippen LogP contribution is -2.75. The lowest BCUT2D eigenvalue weighted by molar-refractivity contribution is -0.131. The third kappa shape index (κ3) is 2.90. The fourth-order valence-corrected chi connectivity index (χ4v) is 5.47. The van der Waals surface area contributed by atoms with E-state index in [9.17, 15) is 4.79 Å². The van der Waals surface area contributed by atoms with Crippen molar-refractivity contribution < 1.29 is 4.79 Å². The highest BCUT2D eigenvalue weighted by molar-refractivity contribution is 6.30. The lowest BCUT2D eigenvalue weighted by atomic mass is 9.52. The van der Waals surface area contributed by atoms with E-state index in [2.05, 4.69) is 34.0 Å². The van der Waals surface area contributed by atoms with Gasteiger partial charge < -0.3 is 10.2 Å². The monoisotopic (exact) mass is 362 g/mol. The molecule has 3 fully saturated rings. The van der Waals surface area contributed by atoms with E-state index in [1.807, 2.05) is 0 Å². The minimum Gasteiger partial charge on any atom is -0.352 e. The Bertz CT molecular complexity index is 641. The van der Waals surface area contributed by atoms with Crippen LogP contribution in [0.15, 0.2) is 12.4 Å². The number of carbonyl (C=O) groups is 1. The fourth-order valence-electron chi connectivity index (χ4n) is 5.38. The molecule has 1 saturated heterocycles. The smallest absolute Gasteiger partial charge is 0.225 e. The molecule has 0 radical (unpaired) electrons. The Balaban J connectivity index is 1.50. The van der Waals surface area contributed by atoms with E-state index in [0.717, 1.165) is 38.2 Å². The third-order valence-corrected chi connectivity index (χ3v) is 6.75. The molecule has 1 amide bonds. The van der Waals surface area contributed by atoms with Crippen LogP contribution in [0.1, 0.15) is 52.4 Å². The molecule has 136 valence electrons. The number of fused-ring (bicyclic) bond motifs is 1. The summed E-state index contributed by atoms with van der Waals surface area (Å²) in [4.78, 5) is 23.8. The molecule has 0 spiro atoms. The third-order valence-electron chi connectivity index (χ3n) is 6.56. The number of halogens is 1. The van der Waals surface area contributed by atoms with E-state index in [0.29, 0.717) is 17.0 Å². The first-order chi connectivity index (χ1) is 12.0. The van der Waals surface area contributed by atoms with Crippen LogP contribution >= 0.6 is 11.6 Å². The van der Waals surface area contributed by atoms with E-state index in [1.165, 1.54) is 12.8 Å². The molecule has 1 N–H and O–H groups in total. The Labute approximate surface area is 154 Å². The van der Waals surface area contributed by atoms with Crippen molar-refractivity contribution >= 4 is 23.5 Å². The standard InChI is InChI=1S/C19H27ClN4O/c1-19(2)15(23-17(25)12-6-3-4-7-12)14-8-5-9-24(16(14)19)18-21-10-13(20)11-22-18/h10-12,14-16H,3-9H2,1-2H3,(H,23,25). The van der Waals surface area contributed by atoms with Gasteiger partial charge in [-0.1, -0.05) is 38.3 Å². The Hall–Kier alpha value is -1.36. The summed E-state index contributed by atoms with van der Waals surface area (Å²) in [7, 11) is 0. The zero-order chi connectivity index (χ0) is 17.6. The van der Waals surface area contributed by atoms with Crippen molar-refractivity contribution in [1.82, 2.24) is 15.3 Å². The van der Waals surface area contributed by atoms with Gasteiger partial charge >= 0.3 is 0 Å². The predicted molar refractivity (Wildman–Crippen MR) is 98.6 cm³/mol. The van der Waals surface area contributed by atoms with Crippen LogP contribution in [0.5, 0.6) is 0 Å². The van der Waals surface area contributed by atoms with Crippen LogP contribution in [0, 0.1) is 17.3 Å². The van der Waals surface area contributed by atoms with Crippen molar-refractivity contribution in [2.75, 3.05) is 11.4 Å². The minimum atomic E-state index is 0.0162. The molecule has 2 aliphatic carbocycles. The summed E-state index contributed by atoms with van der Waals surface area (Å²) in [5.74, 6) is 1.74. The maximum atomic E-state index is 12.6. The molecule has 0 aromatic carbocycles. The Morgan fingerprint density at radius 1 is 1.20 bits per heavy atom. The molecule has 3 atom stereocenters.